The van der Waals surface area contributed by atoms with Gasteiger partial charge >= 0.3 is 11.9 Å². The second kappa shape index (κ2) is 10.4. The van der Waals surface area contributed by atoms with E-state index in [0.29, 0.717) is 19.4 Å². The fraction of sp³-hybridized carbons (Fsp3) is 0.600. The number of ether oxygens (including phenoxy) is 2. The molecular weight excluding hydrogens is 244 g/mol. The van der Waals surface area contributed by atoms with Gasteiger partial charge in [0.05, 0.1) is 0 Å². The summed E-state index contributed by atoms with van der Waals surface area (Å²) in [4.78, 5) is 22.7. The van der Waals surface area contributed by atoms with Crippen molar-refractivity contribution in [2.24, 2.45) is 0 Å². The topological polar surface area (TPSA) is 52.6 Å². The SMILES string of the molecule is C=CCC(C)OC(=O)CCCC(=O)OCC=C(C)C. The Bertz CT molecular complexity index is 327. The summed E-state index contributed by atoms with van der Waals surface area (Å²) < 4.78 is 10.1. The van der Waals surface area contributed by atoms with Gasteiger partial charge in [0, 0.05) is 19.3 Å². The van der Waals surface area contributed by atoms with Gasteiger partial charge in [0.15, 0.2) is 0 Å². The lowest BCUT2D eigenvalue weighted by Crippen LogP contribution is -2.14. The van der Waals surface area contributed by atoms with Crippen molar-refractivity contribution in [2.75, 3.05) is 6.61 Å². The van der Waals surface area contributed by atoms with Crippen molar-refractivity contribution in [3.8, 4) is 0 Å². The highest BCUT2D eigenvalue weighted by Crippen LogP contribution is 2.04. The van der Waals surface area contributed by atoms with E-state index in [1.54, 1.807) is 6.08 Å². The highest BCUT2D eigenvalue weighted by atomic mass is 16.5. The summed E-state index contributed by atoms with van der Waals surface area (Å²) in [5, 5.41) is 0. The van der Waals surface area contributed by atoms with Gasteiger partial charge in [-0.1, -0.05) is 11.6 Å². The first-order valence-corrected chi connectivity index (χ1v) is 6.55. The first-order valence-electron chi connectivity index (χ1n) is 6.55. The van der Waals surface area contributed by atoms with Crippen molar-refractivity contribution in [2.45, 2.75) is 52.6 Å². The van der Waals surface area contributed by atoms with Gasteiger partial charge in [0.2, 0.25) is 0 Å². The summed E-state index contributed by atoms with van der Waals surface area (Å²) in [6.45, 7) is 9.56. The molecule has 0 bridgehead atoms. The van der Waals surface area contributed by atoms with Crippen molar-refractivity contribution in [1.82, 2.24) is 0 Å². The lowest BCUT2D eigenvalue weighted by molar-refractivity contribution is -0.148. The molecule has 0 aromatic rings. The molecule has 0 saturated carbocycles. The van der Waals surface area contributed by atoms with Gasteiger partial charge in [0.25, 0.3) is 0 Å². The Labute approximate surface area is 115 Å². The minimum absolute atomic E-state index is 0.158. The minimum Gasteiger partial charge on any atom is -0.462 e. The van der Waals surface area contributed by atoms with E-state index in [0.717, 1.165) is 5.57 Å². The maximum Gasteiger partial charge on any atom is 0.306 e. The molecule has 0 aliphatic heterocycles. The van der Waals surface area contributed by atoms with E-state index >= 15 is 0 Å². The van der Waals surface area contributed by atoms with Crippen LogP contribution in [0.4, 0.5) is 0 Å². The predicted molar refractivity (Wildman–Crippen MR) is 74.6 cm³/mol. The number of allylic oxidation sites excluding steroid dienone is 1. The van der Waals surface area contributed by atoms with Gasteiger partial charge in [-0.15, -0.1) is 6.58 Å². The monoisotopic (exact) mass is 268 g/mol. The number of carbonyl (C=O) groups excluding carboxylic acids is 2. The summed E-state index contributed by atoms with van der Waals surface area (Å²) >= 11 is 0. The van der Waals surface area contributed by atoms with E-state index in [-0.39, 0.29) is 30.9 Å². The van der Waals surface area contributed by atoms with Crippen molar-refractivity contribution >= 4 is 11.9 Å². The standard InChI is InChI=1S/C15H24O4/c1-5-7-13(4)19-15(17)9-6-8-14(16)18-11-10-12(2)3/h5,10,13H,1,6-9,11H2,2-4H3. The highest BCUT2D eigenvalue weighted by molar-refractivity contribution is 5.72. The van der Waals surface area contributed by atoms with Crippen LogP contribution in [0.15, 0.2) is 24.3 Å². The second-order valence-corrected chi connectivity index (χ2v) is 4.64. The van der Waals surface area contributed by atoms with E-state index in [1.807, 2.05) is 26.8 Å². The fourth-order valence-corrected chi connectivity index (χ4v) is 1.32. The van der Waals surface area contributed by atoms with Crippen LogP contribution >= 0.6 is 0 Å². The molecule has 4 heteroatoms. The number of hydrogen-bond acceptors (Lipinski definition) is 4. The predicted octanol–water partition coefficient (Wildman–Crippen LogP) is 3.17. The molecule has 0 radical (unpaired) electrons. The molecule has 0 amide bonds. The lowest BCUT2D eigenvalue weighted by atomic mass is 10.2. The summed E-state index contributed by atoms with van der Waals surface area (Å²) in [6.07, 6.45) is 4.95. The number of esters is 2. The van der Waals surface area contributed by atoms with Crippen LogP contribution in [-0.4, -0.2) is 24.6 Å². The fourth-order valence-electron chi connectivity index (χ4n) is 1.32. The second-order valence-electron chi connectivity index (χ2n) is 4.64. The molecule has 4 nitrogen and oxygen atoms in total. The van der Waals surface area contributed by atoms with E-state index in [2.05, 4.69) is 6.58 Å². The van der Waals surface area contributed by atoms with E-state index < -0.39 is 0 Å². The Kier molecular flexibility index (Phi) is 9.49. The van der Waals surface area contributed by atoms with Gasteiger partial charge in [0.1, 0.15) is 12.7 Å². The molecular formula is C15H24O4. The van der Waals surface area contributed by atoms with Crippen LogP contribution in [0, 0.1) is 0 Å². The molecule has 0 heterocycles. The van der Waals surface area contributed by atoms with E-state index in [4.69, 9.17) is 9.47 Å². The zero-order valence-electron chi connectivity index (χ0n) is 12.1. The molecule has 108 valence electrons. The van der Waals surface area contributed by atoms with Crippen LogP contribution in [0.25, 0.3) is 0 Å². The largest absolute Gasteiger partial charge is 0.462 e. The zero-order valence-corrected chi connectivity index (χ0v) is 12.1. The van der Waals surface area contributed by atoms with Crippen molar-refractivity contribution < 1.29 is 19.1 Å². The molecule has 19 heavy (non-hydrogen) atoms. The van der Waals surface area contributed by atoms with E-state index in [9.17, 15) is 9.59 Å². The van der Waals surface area contributed by atoms with Crippen LogP contribution in [0.2, 0.25) is 0 Å². The molecule has 0 rings (SSSR count). The Morgan fingerprint density at radius 1 is 1.21 bits per heavy atom. The van der Waals surface area contributed by atoms with Crippen LogP contribution in [-0.2, 0) is 19.1 Å². The summed E-state index contributed by atoms with van der Waals surface area (Å²) in [5.41, 5.74) is 1.10. The van der Waals surface area contributed by atoms with Gasteiger partial charge < -0.3 is 9.47 Å². The molecule has 1 unspecified atom stereocenters. The number of hydrogen-bond donors (Lipinski definition) is 0. The van der Waals surface area contributed by atoms with Crippen LogP contribution in [0.3, 0.4) is 0 Å². The maximum absolute atomic E-state index is 11.4. The Balaban J connectivity index is 3.67. The van der Waals surface area contributed by atoms with Crippen LogP contribution in [0.1, 0.15) is 46.5 Å². The van der Waals surface area contributed by atoms with Crippen LogP contribution in [0.5, 0.6) is 0 Å². The van der Waals surface area contributed by atoms with Gasteiger partial charge in [-0.2, -0.15) is 0 Å². The maximum atomic E-state index is 11.4. The van der Waals surface area contributed by atoms with Gasteiger partial charge in [-0.05, 0) is 33.3 Å². The molecule has 0 aliphatic carbocycles. The first-order chi connectivity index (χ1) is 8.95. The summed E-state index contributed by atoms with van der Waals surface area (Å²) in [7, 11) is 0. The normalized spacial score (nSPS) is 11.3. The van der Waals surface area contributed by atoms with Crippen molar-refractivity contribution in [3.05, 3.63) is 24.3 Å². The Hall–Kier alpha value is -1.58. The number of rotatable bonds is 9. The quantitative estimate of drug-likeness (QED) is 0.476. The molecule has 0 N–H and O–H groups in total. The van der Waals surface area contributed by atoms with Crippen LogP contribution < -0.4 is 0 Å². The Morgan fingerprint density at radius 2 is 1.84 bits per heavy atom. The molecule has 0 aromatic carbocycles. The molecule has 0 aromatic heterocycles. The van der Waals surface area contributed by atoms with Gasteiger partial charge in [-0.25, -0.2) is 0 Å². The molecule has 1 atom stereocenters. The summed E-state index contributed by atoms with van der Waals surface area (Å²) in [6, 6.07) is 0. The van der Waals surface area contributed by atoms with Crippen molar-refractivity contribution in [1.29, 1.82) is 0 Å². The highest BCUT2D eigenvalue weighted by Gasteiger charge is 2.09. The summed E-state index contributed by atoms with van der Waals surface area (Å²) in [5.74, 6) is -0.573. The lowest BCUT2D eigenvalue weighted by Gasteiger charge is -2.10. The third kappa shape index (κ3) is 11.3. The average Bonchev–Trinajstić information content (AvgIpc) is 2.28. The molecule has 0 aliphatic rings. The third-order valence-electron chi connectivity index (χ3n) is 2.33. The number of carbonyl (C=O) groups is 2. The smallest absolute Gasteiger partial charge is 0.306 e. The molecule has 0 fully saturated rings. The average molecular weight is 268 g/mol. The zero-order chi connectivity index (χ0) is 14.7. The Morgan fingerprint density at radius 3 is 2.42 bits per heavy atom. The molecule has 0 spiro atoms. The minimum atomic E-state index is -0.288. The van der Waals surface area contributed by atoms with Gasteiger partial charge in [-0.3, -0.25) is 9.59 Å². The van der Waals surface area contributed by atoms with E-state index in [1.165, 1.54) is 0 Å². The third-order valence-corrected chi connectivity index (χ3v) is 2.33. The van der Waals surface area contributed by atoms with Crippen molar-refractivity contribution in [3.63, 3.8) is 0 Å². The first kappa shape index (κ1) is 17.4. The molecule has 0 saturated heterocycles.